The predicted molar refractivity (Wildman–Crippen MR) is 109 cm³/mol. The number of carbonyl (C=O) groups excluding carboxylic acids is 1. The topological polar surface area (TPSA) is 41.9 Å². The minimum Gasteiger partial charge on any atom is -0.496 e. The molecule has 0 atom stereocenters. The third-order valence-corrected chi connectivity index (χ3v) is 5.27. The molecule has 0 N–H and O–H groups in total. The Morgan fingerprint density at radius 3 is 2.62 bits per heavy atom. The molecule has 1 aliphatic rings. The molecule has 0 unspecified atom stereocenters. The van der Waals surface area contributed by atoms with Gasteiger partial charge in [0.25, 0.3) is 5.91 Å². The zero-order chi connectivity index (χ0) is 18.7. The Balaban J connectivity index is 1.96. The van der Waals surface area contributed by atoms with Crippen LogP contribution in [0.4, 0.5) is 5.69 Å². The van der Waals surface area contributed by atoms with E-state index < -0.39 is 0 Å². The van der Waals surface area contributed by atoms with Crippen molar-refractivity contribution in [3.8, 4) is 5.75 Å². The van der Waals surface area contributed by atoms with Gasteiger partial charge in [-0.05, 0) is 67.4 Å². The van der Waals surface area contributed by atoms with E-state index in [1.807, 2.05) is 69.3 Å². The number of hydrogen-bond acceptors (Lipinski definition) is 4. The third-order valence-electron chi connectivity index (χ3n) is 4.27. The molecule has 0 bridgehead atoms. The smallest absolute Gasteiger partial charge is 0.266 e. The number of benzene rings is 2. The maximum Gasteiger partial charge on any atom is 0.266 e. The SMILES string of the molecule is CCN1C(=O)/C(=C\c2ccc(C)c(OC)c2)SC1=Nc1ccccc1C. The van der Waals surface area contributed by atoms with Crippen LogP contribution < -0.4 is 4.74 Å². The Hall–Kier alpha value is -2.53. The average molecular weight is 366 g/mol. The molecule has 1 saturated heterocycles. The van der Waals surface area contributed by atoms with Crippen LogP contribution >= 0.6 is 11.8 Å². The van der Waals surface area contributed by atoms with Crippen molar-refractivity contribution < 1.29 is 9.53 Å². The van der Waals surface area contributed by atoms with Crippen LogP contribution in [0.3, 0.4) is 0 Å². The van der Waals surface area contributed by atoms with Gasteiger partial charge in [-0.2, -0.15) is 0 Å². The molecule has 1 fully saturated rings. The van der Waals surface area contributed by atoms with E-state index in [0.717, 1.165) is 33.3 Å². The van der Waals surface area contributed by atoms with Crippen molar-refractivity contribution in [1.29, 1.82) is 0 Å². The van der Waals surface area contributed by atoms with Gasteiger partial charge in [-0.1, -0.05) is 30.3 Å². The molecule has 0 radical (unpaired) electrons. The van der Waals surface area contributed by atoms with E-state index in [9.17, 15) is 4.79 Å². The van der Waals surface area contributed by atoms with Crippen LogP contribution in [0, 0.1) is 13.8 Å². The largest absolute Gasteiger partial charge is 0.496 e. The number of amides is 1. The van der Waals surface area contributed by atoms with Crippen molar-refractivity contribution in [2.75, 3.05) is 13.7 Å². The van der Waals surface area contributed by atoms with Gasteiger partial charge in [-0.15, -0.1) is 0 Å². The molecule has 26 heavy (non-hydrogen) atoms. The zero-order valence-electron chi connectivity index (χ0n) is 15.4. The number of para-hydroxylation sites is 1. The Morgan fingerprint density at radius 1 is 1.15 bits per heavy atom. The van der Waals surface area contributed by atoms with E-state index in [1.54, 1.807) is 12.0 Å². The lowest BCUT2D eigenvalue weighted by molar-refractivity contribution is -0.122. The molecule has 4 nitrogen and oxygen atoms in total. The molecule has 0 aromatic heterocycles. The van der Waals surface area contributed by atoms with Crippen molar-refractivity contribution >= 4 is 34.6 Å². The fourth-order valence-electron chi connectivity index (χ4n) is 2.74. The van der Waals surface area contributed by atoms with Gasteiger partial charge in [-0.3, -0.25) is 9.69 Å². The Labute approximate surface area is 158 Å². The number of hydrogen-bond donors (Lipinski definition) is 0. The summed E-state index contributed by atoms with van der Waals surface area (Å²) in [7, 11) is 1.65. The van der Waals surface area contributed by atoms with Crippen LogP contribution in [0.25, 0.3) is 6.08 Å². The summed E-state index contributed by atoms with van der Waals surface area (Å²) in [4.78, 5) is 19.9. The Morgan fingerprint density at radius 2 is 1.92 bits per heavy atom. The first-order valence-corrected chi connectivity index (χ1v) is 9.35. The number of carbonyl (C=O) groups is 1. The number of methoxy groups -OCH3 is 1. The number of amidine groups is 1. The molecule has 134 valence electrons. The molecule has 5 heteroatoms. The minimum absolute atomic E-state index is 0.00984. The van der Waals surface area contributed by atoms with E-state index in [2.05, 4.69) is 0 Å². The van der Waals surface area contributed by atoms with Crippen LogP contribution in [-0.2, 0) is 4.79 Å². The molecule has 3 rings (SSSR count). The molecule has 2 aromatic carbocycles. The van der Waals surface area contributed by atoms with Crippen molar-refractivity contribution in [2.45, 2.75) is 20.8 Å². The van der Waals surface area contributed by atoms with E-state index in [-0.39, 0.29) is 5.91 Å². The summed E-state index contributed by atoms with van der Waals surface area (Å²) in [5.41, 5.74) is 3.98. The number of aryl methyl sites for hydroxylation is 2. The standard InChI is InChI=1S/C21H22N2O2S/c1-5-23-20(24)19(13-16-11-10-15(3)18(12-16)25-4)26-21(23)22-17-9-7-6-8-14(17)2/h6-13H,5H2,1-4H3/b19-13+,22-21?. The van der Waals surface area contributed by atoms with Gasteiger partial charge >= 0.3 is 0 Å². The quantitative estimate of drug-likeness (QED) is 0.720. The van der Waals surface area contributed by atoms with Crippen LogP contribution in [0.5, 0.6) is 5.75 Å². The second-order valence-electron chi connectivity index (χ2n) is 6.07. The molecular formula is C21H22N2O2S. The number of ether oxygens (including phenoxy) is 1. The van der Waals surface area contributed by atoms with Gasteiger partial charge in [-0.25, -0.2) is 4.99 Å². The first-order chi connectivity index (χ1) is 12.5. The monoisotopic (exact) mass is 366 g/mol. The highest BCUT2D eigenvalue weighted by Crippen LogP contribution is 2.35. The summed E-state index contributed by atoms with van der Waals surface area (Å²) in [6.07, 6.45) is 1.90. The molecular weight excluding hydrogens is 344 g/mol. The van der Waals surface area contributed by atoms with E-state index >= 15 is 0 Å². The normalized spacial score (nSPS) is 17.4. The highest BCUT2D eigenvalue weighted by Gasteiger charge is 2.32. The molecule has 0 aliphatic carbocycles. The summed E-state index contributed by atoms with van der Waals surface area (Å²) >= 11 is 1.41. The van der Waals surface area contributed by atoms with E-state index in [1.165, 1.54) is 11.8 Å². The summed E-state index contributed by atoms with van der Waals surface area (Å²) in [6.45, 7) is 6.57. The summed E-state index contributed by atoms with van der Waals surface area (Å²) in [5, 5.41) is 0.720. The first kappa shape index (κ1) is 18.3. The molecule has 1 amide bonds. The first-order valence-electron chi connectivity index (χ1n) is 8.54. The molecule has 1 aliphatic heterocycles. The van der Waals surface area contributed by atoms with E-state index in [4.69, 9.17) is 9.73 Å². The van der Waals surface area contributed by atoms with Gasteiger partial charge in [0.15, 0.2) is 5.17 Å². The second kappa shape index (κ2) is 7.79. The highest BCUT2D eigenvalue weighted by molar-refractivity contribution is 8.18. The summed E-state index contributed by atoms with van der Waals surface area (Å²) < 4.78 is 5.38. The Kier molecular flexibility index (Phi) is 5.47. The van der Waals surface area contributed by atoms with Crippen molar-refractivity contribution in [3.05, 3.63) is 64.1 Å². The number of rotatable bonds is 4. The van der Waals surface area contributed by atoms with Crippen LogP contribution in [0.1, 0.15) is 23.6 Å². The lowest BCUT2D eigenvalue weighted by atomic mass is 10.1. The molecule has 0 saturated carbocycles. The fourth-order valence-corrected chi connectivity index (χ4v) is 3.80. The average Bonchev–Trinajstić information content (AvgIpc) is 2.93. The maximum atomic E-state index is 12.8. The summed E-state index contributed by atoms with van der Waals surface area (Å²) in [6, 6.07) is 13.9. The number of likely N-dealkylation sites (N-methyl/N-ethyl adjacent to an activating group) is 1. The minimum atomic E-state index is -0.00984. The Bertz CT molecular complexity index is 903. The molecule has 1 heterocycles. The maximum absolute atomic E-state index is 12.8. The predicted octanol–water partition coefficient (Wildman–Crippen LogP) is 4.94. The number of thioether (sulfide) groups is 1. The van der Waals surface area contributed by atoms with Crippen LogP contribution in [0.2, 0.25) is 0 Å². The highest BCUT2D eigenvalue weighted by atomic mass is 32.2. The molecule has 2 aromatic rings. The van der Waals surface area contributed by atoms with Gasteiger partial charge in [0.2, 0.25) is 0 Å². The van der Waals surface area contributed by atoms with Gasteiger partial charge in [0.1, 0.15) is 5.75 Å². The van der Waals surface area contributed by atoms with Crippen molar-refractivity contribution in [3.63, 3.8) is 0 Å². The lowest BCUT2D eigenvalue weighted by Gasteiger charge is -2.12. The van der Waals surface area contributed by atoms with Gasteiger partial charge < -0.3 is 4.74 Å². The van der Waals surface area contributed by atoms with Gasteiger partial charge in [0, 0.05) is 6.54 Å². The number of nitrogens with zero attached hydrogens (tertiary/aromatic N) is 2. The van der Waals surface area contributed by atoms with Crippen molar-refractivity contribution in [1.82, 2.24) is 4.90 Å². The second-order valence-corrected chi connectivity index (χ2v) is 7.08. The van der Waals surface area contributed by atoms with Crippen molar-refractivity contribution in [2.24, 2.45) is 4.99 Å². The number of aliphatic imine (C=N–C) groups is 1. The zero-order valence-corrected chi connectivity index (χ0v) is 16.3. The van der Waals surface area contributed by atoms with E-state index in [0.29, 0.717) is 11.4 Å². The fraction of sp³-hybridized carbons (Fsp3) is 0.238. The van der Waals surface area contributed by atoms with Gasteiger partial charge in [0.05, 0.1) is 17.7 Å². The summed E-state index contributed by atoms with van der Waals surface area (Å²) in [5.74, 6) is 0.806. The van der Waals surface area contributed by atoms with Crippen LogP contribution in [-0.4, -0.2) is 29.6 Å². The van der Waals surface area contributed by atoms with Crippen LogP contribution in [0.15, 0.2) is 52.4 Å². The lowest BCUT2D eigenvalue weighted by Crippen LogP contribution is -2.28. The molecule has 0 spiro atoms. The third kappa shape index (κ3) is 3.68.